The molecule has 0 saturated carbocycles. The number of ether oxygens (including phenoxy) is 10. The normalized spacial score (nSPS) is 22.8. The maximum absolute atomic E-state index is 14.5. The standard InChI is InChI=1S/C54H67N2O16P/c1-4-42-49(53(60)69-36-34-67-32-30-65-28-26-63-2)50(54(61)70-37-35-68-33-31-66-29-27-64-3)45(71-42)23-22-44-48-47(43(72-44)21-20-39-14-8-5-9-15-39)51(58)56(52(48)59)25-24-55-46(57)38-73(62,40-16-10-6-11-17-40)41-18-12-7-13-19-41/h4-23,42-45,47-50H,1,24-38H2,2-3H3,(H,55,57)/b21-20-,23-22-. The van der Waals surface area contributed by atoms with E-state index in [1.54, 1.807) is 81.0 Å². The van der Waals surface area contributed by atoms with Crippen LogP contribution in [-0.2, 0) is 75.9 Å². The number of fused-ring (bicyclic) bond motifs is 1. The minimum absolute atomic E-state index is 0.0509. The van der Waals surface area contributed by atoms with E-state index in [4.69, 9.17) is 47.4 Å². The number of hydrogen-bond donors (Lipinski definition) is 1. The van der Waals surface area contributed by atoms with Crippen molar-refractivity contribution in [3.8, 4) is 0 Å². The zero-order valence-corrected chi connectivity index (χ0v) is 42.3. The van der Waals surface area contributed by atoms with Crippen molar-refractivity contribution in [1.82, 2.24) is 10.2 Å². The number of carbonyl (C=O) groups excluding carboxylic acids is 5. The van der Waals surface area contributed by atoms with Gasteiger partial charge in [-0.25, -0.2) is 0 Å². The van der Waals surface area contributed by atoms with Crippen LogP contribution in [0.25, 0.3) is 6.08 Å². The van der Waals surface area contributed by atoms with Gasteiger partial charge in [0.05, 0.1) is 108 Å². The fourth-order valence-electron chi connectivity index (χ4n) is 8.80. The Morgan fingerprint density at radius 3 is 1.51 bits per heavy atom. The quantitative estimate of drug-likeness (QED) is 0.0313. The van der Waals surface area contributed by atoms with E-state index in [0.717, 1.165) is 10.5 Å². The number of likely N-dealkylation sites (tertiary alicyclic amines) is 1. The fraction of sp³-hybridized carbons (Fsp3) is 0.463. The van der Waals surface area contributed by atoms with Crippen LogP contribution in [0.1, 0.15) is 5.56 Å². The van der Waals surface area contributed by atoms with Gasteiger partial charge in [0.1, 0.15) is 25.0 Å². The van der Waals surface area contributed by atoms with Crippen molar-refractivity contribution in [1.29, 1.82) is 0 Å². The van der Waals surface area contributed by atoms with Gasteiger partial charge in [0.25, 0.3) is 0 Å². The number of methoxy groups -OCH3 is 2. The summed E-state index contributed by atoms with van der Waals surface area (Å²) in [4.78, 5) is 71.1. The molecule has 3 amide bonds. The molecule has 0 spiro atoms. The molecule has 8 atom stereocenters. The number of nitrogens with one attached hydrogen (secondary N) is 1. The summed E-state index contributed by atoms with van der Waals surface area (Å²) in [7, 11) is -0.243. The molecule has 19 heteroatoms. The topological polar surface area (TPSA) is 210 Å². The van der Waals surface area contributed by atoms with E-state index in [1.807, 2.05) is 48.5 Å². The van der Waals surface area contributed by atoms with Crippen molar-refractivity contribution >= 4 is 53.5 Å². The lowest BCUT2D eigenvalue weighted by molar-refractivity contribution is -0.161. The van der Waals surface area contributed by atoms with Crippen molar-refractivity contribution < 1.29 is 75.9 Å². The van der Waals surface area contributed by atoms with E-state index in [0.29, 0.717) is 50.3 Å². The predicted octanol–water partition coefficient (Wildman–Crippen LogP) is 3.39. The van der Waals surface area contributed by atoms with Crippen LogP contribution in [0, 0.1) is 23.7 Å². The molecule has 6 rings (SSSR count). The molecule has 3 aliphatic rings. The lowest BCUT2D eigenvalue weighted by Gasteiger charge is -2.22. The molecule has 3 heterocycles. The molecule has 394 valence electrons. The summed E-state index contributed by atoms with van der Waals surface area (Å²) in [6, 6.07) is 27.0. The molecule has 3 saturated heterocycles. The molecule has 8 unspecified atom stereocenters. The molecule has 3 aliphatic heterocycles. The summed E-state index contributed by atoms with van der Waals surface area (Å²) in [5.41, 5.74) is 0.842. The largest absolute Gasteiger partial charge is 0.463 e. The smallest absolute Gasteiger partial charge is 0.313 e. The van der Waals surface area contributed by atoms with Gasteiger partial charge in [-0.1, -0.05) is 121 Å². The van der Waals surface area contributed by atoms with E-state index in [2.05, 4.69) is 11.9 Å². The van der Waals surface area contributed by atoms with Crippen LogP contribution in [0.3, 0.4) is 0 Å². The Hall–Kier alpha value is -5.66. The zero-order chi connectivity index (χ0) is 51.8. The second-order valence-electron chi connectivity index (χ2n) is 17.1. The molecule has 0 aliphatic carbocycles. The van der Waals surface area contributed by atoms with Gasteiger partial charge >= 0.3 is 11.9 Å². The predicted molar refractivity (Wildman–Crippen MR) is 269 cm³/mol. The maximum Gasteiger partial charge on any atom is 0.313 e. The minimum atomic E-state index is -3.39. The lowest BCUT2D eigenvalue weighted by atomic mass is 9.85. The van der Waals surface area contributed by atoms with Crippen molar-refractivity contribution in [2.24, 2.45) is 23.7 Å². The van der Waals surface area contributed by atoms with E-state index >= 15 is 0 Å². The molecule has 73 heavy (non-hydrogen) atoms. The van der Waals surface area contributed by atoms with E-state index < -0.39 is 84.9 Å². The third-order valence-electron chi connectivity index (χ3n) is 12.4. The number of imide groups is 1. The molecule has 0 bridgehead atoms. The number of esters is 2. The van der Waals surface area contributed by atoms with Crippen molar-refractivity contribution in [3.63, 3.8) is 0 Å². The van der Waals surface area contributed by atoms with Gasteiger partial charge in [-0.2, -0.15) is 0 Å². The summed E-state index contributed by atoms with van der Waals surface area (Å²) >= 11 is 0. The minimum Gasteiger partial charge on any atom is -0.463 e. The van der Waals surface area contributed by atoms with Crippen LogP contribution in [0.5, 0.6) is 0 Å². The highest BCUT2D eigenvalue weighted by Crippen LogP contribution is 2.44. The molecule has 3 fully saturated rings. The van der Waals surface area contributed by atoms with Gasteiger partial charge in [0, 0.05) is 37.9 Å². The van der Waals surface area contributed by atoms with Crippen LogP contribution >= 0.6 is 7.14 Å². The summed E-state index contributed by atoms with van der Waals surface area (Å²) < 4.78 is 70.4. The van der Waals surface area contributed by atoms with E-state index in [9.17, 15) is 28.5 Å². The van der Waals surface area contributed by atoms with Crippen LogP contribution in [0.2, 0.25) is 0 Å². The Morgan fingerprint density at radius 1 is 0.589 bits per heavy atom. The average Bonchev–Trinajstić information content (AvgIpc) is 4.06. The van der Waals surface area contributed by atoms with Crippen molar-refractivity contribution in [2.75, 3.05) is 113 Å². The third kappa shape index (κ3) is 15.9. The van der Waals surface area contributed by atoms with Gasteiger partial charge in [0.15, 0.2) is 7.14 Å². The second-order valence-corrected chi connectivity index (χ2v) is 20.0. The number of carbonyl (C=O) groups is 5. The van der Waals surface area contributed by atoms with Gasteiger partial charge in [-0.05, 0) is 5.56 Å². The van der Waals surface area contributed by atoms with Crippen LogP contribution in [0.15, 0.2) is 122 Å². The highest BCUT2D eigenvalue weighted by Gasteiger charge is 2.59. The van der Waals surface area contributed by atoms with Gasteiger partial charge in [0.2, 0.25) is 17.7 Å². The first-order valence-corrected chi connectivity index (χ1v) is 26.3. The molecule has 0 radical (unpaired) electrons. The summed E-state index contributed by atoms with van der Waals surface area (Å²) in [5.74, 6) is -7.35. The van der Waals surface area contributed by atoms with Crippen LogP contribution < -0.4 is 15.9 Å². The van der Waals surface area contributed by atoms with Crippen LogP contribution in [-0.4, -0.2) is 172 Å². The fourth-order valence-corrected chi connectivity index (χ4v) is 11.3. The average molecular weight is 1030 g/mol. The Balaban J connectivity index is 1.16. The second kappa shape index (κ2) is 29.9. The first-order chi connectivity index (χ1) is 35.6. The highest BCUT2D eigenvalue weighted by molar-refractivity contribution is 7.79. The molecule has 3 aromatic carbocycles. The first-order valence-electron chi connectivity index (χ1n) is 24.4. The zero-order valence-electron chi connectivity index (χ0n) is 41.4. The summed E-state index contributed by atoms with van der Waals surface area (Å²) in [6.45, 7) is 6.34. The Bertz CT molecular complexity index is 2290. The number of benzene rings is 3. The number of nitrogens with zero attached hydrogens (tertiary/aromatic N) is 1. The molecule has 3 aromatic rings. The number of hydrogen-bond acceptors (Lipinski definition) is 16. The van der Waals surface area contributed by atoms with Crippen molar-refractivity contribution in [2.45, 2.75) is 24.4 Å². The van der Waals surface area contributed by atoms with Crippen molar-refractivity contribution in [3.05, 3.63) is 127 Å². The first kappa shape index (κ1) is 56.6. The van der Waals surface area contributed by atoms with Gasteiger partial charge in [-0.15, -0.1) is 6.58 Å². The molecule has 18 nitrogen and oxygen atoms in total. The third-order valence-corrected chi connectivity index (χ3v) is 15.4. The molecule has 1 N–H and O–H groups in total. The maximum atomic E-state index is 14.5. The highest BCUT2D eigenvalue weighted by atomic mass is 31.2. The Labute approximate surface area is 426 Å². The Kier molecular flexibility index (Phi) is 23.2. The summed E-state index contributed by atoms with van der Waals surface area (Å²) in [6.07, 6.45) is 3.84. The van der Waals surface area contributed by atoms with E-state index in [1.165, 1.54) is 6.08 Å². The molecular formula is C54H67N2O16P. The Morgan fingerprint density at radius 2 is 1.01 bits per heavy atom. The van der Waals surface area contributed by atoms with Gasteiger partial charge < -0.3 is 57.3 Å². The van der Waals surface area contributed by atoms with Gasteiger partial charge in [-0.3, -0.25) is 28.9 Å². The molecular weight excluding hydrogens is 964 g/mol. The SMILES string of the molecule is C=CC1OC(/C=C\C2OC(/C=C\c3ccccc3)C3C(=O)N(CCNC(=O)CP(=O)(c4ccccc4)c4ccccc4)C(=O)C23)C(C(=O)OCCOCCOCCOC)C1C(=O)OCCOCCOCCOC. The van der Waals surface area contributed by atoms with Crippen LogP contribution in [0.4, 0.5) is 0 Å². The lowest BCUT2D eigenvalue weighted by Crippen LogP contribution is -2.42. The monoisotopic (exact) mass is 1030 g/mol. The van der Waals surface area contributed by atoms with E-state index in [-0.39, 0.29) is 58.9 Å². The summed E-state index contributed by atoms with van der Waals surface area (Å²) in [5, 5.41) is 3.85. The number of rotatable bonds is 32. The molecule has 0 aromatic heterocycles. The number of amides is 3.